The average Bonchev–Trinajstić information content (AvgIpc) is 2.78. The Kier molecular flexibility index (Phi) is 7.44. The summed E-state index contributed by atoms with van der Waals surface area (Å²) >= 11 is 0. The number of amides is 1. The highest BCUT2D eigenvalue weighted by Crippen LogP contribution is 2.20. The molecular weight excluding hydrogens is 412 g/mol. The van der Waals surface area contributed by atoms with Gasteiger partial charge < -0.3 is 10.1 Å². The van der Waals surface area contributed by atoms with Gasteiger partial charge in [-0.3, -0.25) is 4.79 Å². The first-order valence-electron chi connectivity index (χ1n) is 10.1. The Morgan fingerprint density at radius 3 is 2.23 bits per heavy atom. The minimum atomic E-state index is -3.66. The molecule has 3 aromatic carbocycles. The highest BCUT2D eigenvalue weighted by molar-refractivity contribution is 7.89. The molecule has 162 valence electrons. The van der Waals surface area contributed by atoms with E-state index in [0.717, 1.165) is 11.1 Å². The van der Waals surface area contributed by atoms with E-state index in [9.17, 15) is 13.2 Å². The van der Waals surface area contributed by atoms with Crippen LogP contribution in [-0.2, 0) is 21.4 Å². The molecule has 7 heteroatoms. The maximum Gasteiger partial charge on any atom is 0.265 e. The Hall–Kier alpha value is -3.16. The zero-order valence-electron chi connectivity index (χ0n) is 17.5. The third-order valence-corrected chi connectivity index (χ3v) is 6.18. The zero-order chi connectivity index (χ0) is 22.3. The molecule has 6 nitrogen and oxygen atoms in total. The van der Waals surface area contributed by atoms with Crippen molar-refractivity contribution in [3.8, 4) is 5.75 Å². The first-order valence-corrected chi connectivity index (χ1v) is 11.5. The highest BCUT2D eigenvalue weighted by atomic mass is 32.2. The van der Waals surface area contributed by atoms with Crippen LogP contribution in [0.2, 0.25) is 0 Å². The van der Waals surface area contributed by atoms with Crippen molar-refractivity contribution in [3.05, 3.63) is 90.0 Å². The van der Waals surface area contributed by atoms with Crippen LogP contribution in [0.4, 0.5) is 5.69 Å². The fourth-order valence-corrected chi connectivity index (χ4v) is 3.98. The van der Waals surface area contributed by atoms with Crippen molar-refractivity contribution >= 4 is 21.6 Å². The summed E-state index contributed by atoms with van der Waals surface area (Å²) in [6, 6.07) is 22.9. The third kappa shape index (κ3) is 6.16. The second-order valence-corrected chi connectivity index (χ2v) is 8.87. The van der Waals surface area contributed by atoms with Gasteiger partial charge in [-0.05, 0) is 54.8 Å². The maximum atomic E-state index is 12.6. The number of benzene rings is 3. The molecule has 0 aliphatic carbocycles. The minimum absolute atomic E-state index is 0.129. The topological polar surface area (TPSA) is 84.5 Å². The number of nitrogens with one attached hydrogen (secondary N) is 2. The van der Waals surface area contributed by atoms with Crippen molar-refractivity contribution < 1.29 is 17.9 Å². The van der Waals surface area contributed by atoms with Crippen LogP contribution in [0.5, 0.6) is 5.75 Å². The monoisotopic (exact) mass is 438 g/mol. The smallest absolute Gasteiger partial charge is 0.265 e. The Bertz CT molecular complexity index is 1110. The van der Waals surface area contributed by atoms with Crippen LogP contribution in [0.25, 0.3) is 0 Å². The second-order valence-electron chi connectivity index (χ2n) is 7.10. The van der Waals surface area contributed by atoms with Gasteiger partial charge in [-0.2, -0.15) is 0 Å². The van der Waals surface area contributed by atoms with E-state index in [4.69, 9.17) is 4.74 Å². The Labute approximate surface area is 183 Å². The SMILES string of the molecule is CCC(Oc1ccccc1C)C(=O)Nc1ccc(S(=O)(=O)NCc2ccccc2)cc1. The molecule has 31 heavy (non-hydrogen) atoms. The predicted octanol–water partition coefficient (Wildman–Crippen LogP) is 4.27. The largest absolute Gasteiger partial charge is 0.480 e. The Morgan fingerprint density at radius 2 is 1.58 bits per heavy atom. The minimum Gasteiger partial charge on any atom is -0.480 e. The van der Waals surface area contributed by atoms with Gasteiger partial charge in [0.15, 0.2) is 6.10 Å². The molecule has 0 saturated heterocycles. The highest BCUT2D eigenvalue weighted by Gasteiger charge is 2.20. The molecule has 1 amide bonds. The van der Waals surface area contributed by atoms with Crippen molar-refractivity contribution in [2.45, 2.75) is 37.8 Å². The van der Waals surface area contributed by atoms with E-state index in [1.807, 2.05) is 68.4 Å². The number of rotatable bonds is 9. The summed E-state index contributed by atoms with van der Waals surface area (Å²) in [5.74, 6) is 0.374. The van der Waals surface area contributed by atoms with Gasteiger partial charge in [0.2, 0.25) is 10.0 Å². The van der Waals surface area contributed by atoms with Crippen molar-refractivity contribution in [1.82, 2.24) is 4.72 Å². The number of carbonyl (C=O) groups is 1. The average molecular weight is 439 g/mol. The third-order valence-electron chi connectivity index (χ3n) is 4.77. The lowest BCUT2D eigenvalue weighted by atomic mass is 10.2. The predicted molar refractivity (Wildman–Crippen MR) is 121 cm³/mol. The lowest BCUT2D eigenvalue weighted by molar-refractivity contribution is -0.122. The number of sulfonamides is 1. The normalized spacial score (nSPS) is 12.2. The number of aryl methyl sites for hydroxylation is 1. The number of ether oxygens (including phenoxy) is 1. The quantitative estimate of drug-likeness (QED) is 0.523. The summed E-state index contributed by atoms with van der Waals surface area (Å²) in [6.45, 7) is 4.00. The molecule has 0 fully saturated rings. The van der Waals surface area contributed by atoms with Crippen molar-refractivity contribution in [3.63, 3.8) is 0 Å². The molecule has 1 unspecified atom stereocenters. The van der Waals surface area contributed by atoms with Crippen LogP contribution in [0, 0.1) is 6.92 Å². The van der Waals surface area contributed by atoms with Crippen LogP contribution >= 0.6 is 0 Å². The van der Waals surface area contributed by atoms with E-state index >= 15 is 0 Å². The van der Waals surface area contributed by atoms with Gasteiger partial charge in [-0.15, -0.1) is 0 Å². The fourth-order valence-electron chi connectivity index (χ4n) is 2.96. The summed E-state index contributed by atoms with van der Waals surface area (Å²) in [7, 11) is -3.66. The van der Waals surface area contributed by atoms with Crippen LogP contribution in [0.15, 0.2) is 83.8 Å². The van der Waals surface area contributed by atoms with E-state index in [1.165, 1.54) is 12.1 Å². The van der Waals surface area contributed by atoms with Crippen molar-refractivity contribution in [2.75, 3.05) is 5.32 Å². The number of hydrogen-bond acceptors (Lipinski definition) is 4. The first-order chi connectivity index (χ1) is 14.9. The molecule has 0 aromatic heterocycles. The van der Waals surface area contributed by atoms with Crippen LogP contribution < -0.4 is 14.8 Å². The lowest BCUT2D eigenvalue weighted by Gasteiger charge is -2.18. The Morgan fingerprint density at radius 1 is 0.935 bits per heavy atom. The zero-order valence-corrected chi connectivity index (χ0v) is 18.4. The molecule has 2 N–H and O–H groups in total. The lowest BCUT2D eigenvalue weighted by Crippen LogP contribution is -2.32. The van der Waals surface area contributed by atoms with E-state index in [0.29, 0.717) is 17.9 Å². The molecule has 3 aromatic rings. The molecule has 0 spiro atoms. The van der Waals surface area contributed by atoms with Gasteiger partial charge in [-0.25, -0.2) is 13.1 Å². The van der Waals surface area contributed by atoms with Gasteiger partial charge in [0.25, 0.3) is 5.91 Å². The second kappa shape index (κ2) is 10.2. The maximum absolute atomic E-state index is 12.6. The number of anilines is 1. The molecular formula is C24H26N2O4S. The van der Waals surface area contributed by atoms with Crippen LogP contribution in [0.1, 0.15) is 24.5 Å². The van der Waals surface area contributed by atoms with Crippen LogP contribution in [-0.4, -0.2) is 20.4 Å². The summed E-state index contributed by atoms with van der Waals surface area (Å²) in [4.78, 5) is 12.8. The van der Waals surface area contributed by atoms with Crippen LogP contribution in [0.3, 0.4) is 0 Å². The van der Waals surface area contributed by atoms with Gasteiger partial charge in [0.05, 0.1) is 4.90 Å². The molecule has 0 aliphatic heterocycles. The summed E-state index contributed by atoms with van der Waals surface area (Å²) < 4.78 is 33.5. The number of carbonyl (C=O) groups excluding carboxylic acids is 1. The van der Waals surface area contributed by atoms with E-state index in [-0.39, 0.29) is 17.3 Å². The first kappa shape index (κ1) is 22.5. The van der Waals surface area contributed by atoms with E-state index in [1.54, 1.807) is 12.1 Å². The van der Waals surface area contributed by atoms with Gasteiger partial charge in [-0.1, -0.05) is 55.5 Å². The standard InChI is InChI=1S/C24H26N2O4S/c1-3-22(30-23-12-8-7-9-18(23)2)24(27)26-20-13-15-21(16-14-20)31(28,29)25-17-19-10-5-4-6-11-19/h4-16,22,25H,3,17H2,1-2H3,(H,26,27). The Balaban J connectivity index is 1.62. The van der Waals surface area contributed by atoms with Crippen molar-refractivity contribution in [2.24, 2.45) is 0 Å². The van der Waals surface area contributed by atoms with E-state index < -0.39 is 16.1 Å². The molecule has 0 saturated carbocycles. The molecule has 0 radical (unpaired) electrons. The molecule has 0 aliphatic rings. The van der Waals surface area contributed by atoms with Gasteiger partial charge in [0.1, 0.15) is 5.75 Å². The summed E-state index contributed by atoms with van der Waals surface area (Å²) in [5, 5.41) is 2.79. The number of hydrogen-bond donors (Lipinski definition) is 2. The molecule has 3 rings (SSSR count). The number of para-hydroxylation sites is 1. The summed E-state index contributed by atoms with van der Waals surface area (Å²) in [6.07, 6.45) is -0.159. The van der Waals surface area contributed by atoms with Gasteiger partial charge in [0, 0.05) is 12.2 Å². The molecule has 0 bridgehead atoms. The molecule has 1 atom stereocenters. The van der Waals surface area contributed by atoms with Crippen molar-refractivity contribution in [1.29, 1.82) is 0 Å². The molecule has 0 heterocycles. The van der Waals surface area contributed by atoms with E-state index in [2.05, 4.69) is 10.0 Å². The fraction of sp³-hybridized carbons (Fsp3) is 0.208. The summed E-state index contributed by atoms with van der Waals surface area (Å²) in [5.41, 5.74) is 2.32. The van der Waals surface area contributed by atoms with Gasteiger partial charge >= 0.3 is 0 Å².